The number of hydrogen-bond acceptors (Lipinski definition) is 5. The molecule has 0 heterocycles. The SMILES string of the molecule is CCC(O)c1cccc(S(=O)(=O)NCCCS(N)(=O)=O)c1. The summed E-state index contributed by atoms with van der Waals surface area (Å²) in [6, 6.07) is 6.01. The minimum absolute atomic E-state index is 0.0285. The number of aliphatic hydroxyl groups excluding tert-OH is 1. The highest BCUT2D eigenvalue weighted by Crippen LogP contribution is 2.19. The lowest BCUT2D eigenvalue weighted by Gasteiger charge is -2.11. The second-order valence-corrected chi connectivity index (χ2v) is 8.12. The van der Waals surface area contributed by atoms with Crippen LogP contribution < -0.4 is 9.86 Å². The third-order valence-corrected chi connectivity index (χ3v) is 5.15. The molecule has 1 aromatic rings. The van der Waals surface area contributed by atoms with E-state index < -0.39 is 26.2 Å². The van der Waals surface area contributed by atoms with Crippen LogP contribution in [0.15, 0.2) is 29.2 Å². The molecule has 1 rings (SSSR count). The first-order valence-corrected chi connectivity index (χ1v) is 9.64. The molecule has 4 N–H and O–H groups in total. The van der Waals surface area contributed by atoms with Crippen LogP contribution in [0.2, 0.25) is 0 Å². The molecular weight excluding hydrogens is 316 g/mol. The molecule has 0 aromatic heterocycles. The van der Waals surface area contributed by atoms with Crippen molar-refractivity contribution in [3.05, 3.63) is 29.8 Å². The number of sulfonamides is 2. The minimum Gasteiger partial charge on any atom is -0.388 e. The molecule has 1 aromatic carbocycles. The summed E-state index contributed by atoms with van der Waals surface area (Å²) in [5, 5.41) is 14.6. The lowest BCUT2D eigenvalue weighted by molar-refractivity contribution is 0.173. The Bertz CT molecular complexity index is 671. The van der Waals surface area contributed by atoms with Gasteiger partial charge in [-0.3, -0.25) is 0 Å². The van der Waals surface area contributed by atoms with E-state index in [1.807, 2.05) is 0 Å². The summed E-state index contributed by atoms with van der Waals surface area (Å²) >= 11 is 0. The molecule has 9 heteroatoms. The van der Waals surface area contributed by atoms with E-state index in [4.69, 9.17) is 5.14 Å². The van der Waals surface area contributed by atoms with Crippen molar-refractivity contribution in [2.45, 2.75) is 30.8 Å². The Kier molecular flexibility index (Phi) is 6.29. The second-order valence-electron chi connectivity index (χ2n) is 4.61. The Morgan fingerprint density at radius 1 is 1.29 bits per heavy atom. The normalized spacial score (nSPS) is 14.0. The average Bonchev–Trinajstić information content (AvgIpc) is 2.42. The molecule has 1 atom stereocenters. The zero-order valence-electron chi connectivity index (χ0n) is 11.7. The Balaban J connectivity index is 2.74. The second kappa shape index (κ2) is 7.32. The fourth-order valence-electron chi connectivity index (χ4n) is 1.69. The zero-order chi connectivity index (χ0) is 16.1. The van der Waals surface area contributed by atoms with E-state index in [2.05, 4.69) is 4.72 Å². The van der Waals surface area contributed by atoms with E-state index in [1.165, 1.54) is 12.1 Å². The van der Waals surface area contributed by atoms with Crippen LogP contribution in [-0.4, -0.2) is 34.2 Å². The van der Waals surface area contributed by atoms with Gasteiger partial charge in [0.2, 0.25) is 20.0 Å². The van der Waals surface area contributed by atoms with Crippen molar-refractivity contribution in [3.8, 4) is 0 Å². The number of benzene rings is 1. The van der Waals surface area contributed by atoms with Crippen LogP contribution in [0.4, 0.5) is 0 Å². The maximum absolute atomic E-state index is 12.0. The predicted molar refractivity (Wildman–Crippen MR) is 79.5 cm³/mol. The van der Waals surface area contributed by atoms with Gasteiger partial charge in [0.15, 0.2) is 0 Å². The van der Waals surface area contributed by atoms with Gasteiger partial charge >= 0.3 is 0 Å². The smallest absolute Gasteiger partial charge is 0.240 e. The Labute approximate surface area is 125 Å². The first-order valence-electron chi connectivity index (χ1n) is 6.44. The van der Waals surface area contributed by atoms with Crippen LogP contribution >= 0.6 is 0 Å². The van der Waals surface area contributed by atoms with Gasteiger partial charge in [-0.05, 0) is 30.5 Å². The maximum atomic E-state index is 12.0. The van der Waals surface area contributed by atoms with Gasteiger partial charge in [0, 0.05) is 6.54 Å². The molecule has 0 bridgehead atoms. The van der Waals surface area contributed by atoms with Crippen molar-refractivity contribution in [3.63, 3.8) is 0 Å². The largest absolute Gasteiger partial charge is 0.388 e. The Morgan fingerprint density at radius 2 is 1.95 bits per heavy atom. The standard InChI is InChI=1S/C12H20N2O5S2/c1-2-12(15)10-5-3-6-11(9-10)21(18,19)14-7-4-8-20(13,16)17/h3,5-6,9,12,14-15H,2,4,7-8H2,1H3,(H2,13,16,17). The molecule has 0 aliphatic heterocycles. The highest BCUT2D eigenvalue weighted by molar-refractivity contribution is 7.89. The van der Waals surface area contributed by atoms with Crippen molar-refractivity contribution >= 4 is 20.0 Å². The lowest BCUT2D eigenvalue weighted by Crippen LogP contribution is -2.27. The summed E-state index contributed by atoms with van der Waals surface area (Å²) in [6.45, 7) is 1.76. The molecule has 0 saturated carbocycles. The average molecular weight is 336 g/mol. The number of nitrogens with one attached hydrogen (secondary N) is 1. The molecule has 0 aliphatic carbocycles. The monoisotopic (exact) mass is 336 g/mol. The van der Waals surface area contributed by atoms with E-state index in [9.17, 15) is 21.9 Å². The number of hydrogen-bond donors (Lipinski definition) is 3. The topological polar surface area (TPSA) is 127 Å². The Hall–Kier alpha value is -1.00. The first-order chi connectivity index (χ1) is 9.65. The van der Waals surface area contributed by atoms with Crippen LogP contribution in [0.5, 0.6) is 0 Å². The Morgan fingerprint density at radius 3 is 2.52 bits per heavy atom. The summed E-state index contributed by atoms with van der Waals surface area (Å²) in [7, 11) is -7.33. The molecule has 0 spiro atoms. The van der Waals surface area contributed by atoms with Gasteiger partial charge in [-0.2, -0.15) is 0 Å². The van der Waals surface area contributed by atoms with E-state index in [0.717, 1.165) is 0 Å². The van der Waals surface area contributed by atoms with E-state index in [0.29, 0.717) is 12.0 Å². The molecule has 7 nitrogen and oxygen atoms in total. The summed E-state index contributed by atoms with van der Waals surface area (Å²) in [4.78, 5) is 0.0307. The summed E-state index contributed by atoms with van der Waals surface area (Å²) < 4.78 is 47.9. The summed E-state index contributed by atoms with van der Waals surface area (Å²) in [5.74, 6) is -0.288. The molecule has 0 saturated heterocycles. The van der Waals surface area contributed by atoms with Crippen LogP contribution in [0.25, 0.3) is 0 Å². The molecule has 0 aliphatic rings. The highest BCUT2D eigenvalue weighted by atomic mass is 32.2. The van der Waals surface area contributed by atoms with E-state index in [-0.39, 0.29) is 23.6 Å². The van der Waals surface area contributed by atoms with Gasteiger partial charge in [0.1, 0.15) is 0 Å². The summed E-state index contributed by atoms with van der Waals surface area (Å²) in [6.07, 6.45) is -0.150. The first kappa shape index (κ1) is 18.1. The predicted octanol–water partition coefficient (Wildman–Crippen LogP) is 0.0869. The van der Waals surface area contributed by atoms with Crippen LogP contribution in [-0.2, 0) is 20.0 Å². The van der Waals surface area contributed by atoms with E-state index >= 15 is 0 Å². The van der Waals surface area contributed by atoms with E-state index in [1.54, 1.807) is 19.1 Å². The maximum Gasteiger partial charge on any atom is 0.240 e. The van der Waals surface area contributed by atoms with Gasteiger partial charge in [0.25, 0.3) is 0 Å². The third kappa shape index (κ3) is 6.10. The van der Waals surface area contributed by atoms with Crippen molar-refractivity contribution in [2.24, 2.45) is 5.14 Å². The number of aliphatic hydroxyl groups is 1. The number of rotatable bonds is 8. The molecule has 0 radical (unpaired) electrons. The van der Waals surface area contributed by atoms with Crippen LogP contribution in [0.1, 0.15) is 31.4 Å². The molecule has 21 heavy (non-hydrogen) atoms. The molecular formula is C12H20N2O5S2. The van der Waals surface area contributed by atoms with Crippen molar-refractivity contribution in [2.75, 3.05) is 12.3 Å². The fraction of sp³-hybridized carbons (Fsp3) is 0.500. The molecule has 120 valence electrons. The highest BCUT2D eigenvalue weighted by Gasteiger charge is 2.16. The van der Waals surface area contributed by atoms with Gasteiger partial charge in [-0.15, -0.1) is 0 Å². The minimum atomic E-state index is -3.74. The van der Waals surface area contributed by atoms with Gasteiger partial charge in [0.05, 0.1) is 16.8 Å². The van der Waals surface area contributed by atoms with Crippen molar-refractivity contribution < 1.29 is 21.9 Å². The molecule has 0 fully saturated rings. The van der Waals surface area contributed by atoms with Crippen LogP contribution in [0, 0.1) is 0 Å². The van der Waals surface area contributed by atoms with Gasteiger partial charge in [-0.25, -0.2) is 26.7 Å². The molecule has 0 amide bonds. The van der Waals surface area contributed by atoms with Crippen molar-refractivity contribution in [1.82, 2.24) is 4.72 Å². The van der Waals surface area contributed by atoms with Crippen LogP contribution in [0.3, 0.4) is 0 Å². The fourth-order valence-corrected chi connectivity index (χ4v) is 3.36. The van der Waals surface area contributed by atoms with Gasteiger partial charge < -0.3 is 5.11 Å². The number of primary sulfonamides is 1. The third-order valence-electron chi connectivity index (χ3n) is 2.84. The van der Waals surface area contributed by atoms with Crippen molar-refractivity contribution in [1.29, 1.82) is 0 Å². The zero-order valence-corrected chi connectivity index (χ0v) is 13.3. The van der Waals surface area contributed by atoms with Gasteiger partial charge in [-0.1, -0.05) is 19.1 Å². The number of nitrogens with two attached hydrogens (primary N) is 1. The quantitative estimate of drug-likeness (QED) is 0.580. The summed E-state index contributed by atoms with van der Waals surface area (Å²) in [5.41, 5.74) is 0.518. The molecule has 1 unspecified atom stereocenters. The lowest BCUT2D eigenvalue weighted by atomic mass is 10.1.